The van der Waals surface area contributed by atoms with Crippen LogP contribution >= 0.6 is 0 Å². The van der Waals surface area contributed by atoms with E-state index in [2.05, 4.69) is 24.9 Å². The molecule has 0 spiro atoms. The molecule has 4 N–H and O–H groups in total. The van der Waals surface area contributed by atoms with Crippen LogP contribution in [-0.4, -0.2) is 75.1 Å². The molecule has 0 aromatic carbocycles. The van der Waals surface area contributed by atoms with Crippen molar-refractivity contribution in [1.29, 1.82) is 0 Å². The molecular weight excluding hydrogens is 336 g/mol. The lowest BCUT2D eigenvalue weighted by atomic mass is 9.79. The minimum atomic E-state index is -1.03. The van der Waals surface area contributed by atoms with Gasteiger partial charge in [-0.3, -0.25) is 9.69 Å². The number of carbonyl (C=O) groups is 1. The van der Waals surface area contributed by atoms with Gasteiger partial charge >= 0.3 is 5.97 Å². The van der Waals surface area contributed by atoms with Gasteiger partial charge in [0, 0.05) is 32.2 Å². The van der Waals surface area contributed by atoms with E-state index in [9.17, 15) is 9.90 Å². The molecule has 1 saturated heterocycles. The minimum absolute atomic E-state index is 0.154. The molecule has 26 heavy (non-hydrogen) atoms. The zero-order chi connectivity index (χ0) is 18.6. The fraction of sp³-hybridized carbons (Fsp3) is 0.647. The van der Waals surface area contributed by atoms with Crippen molar-refractivity contribution in [2.45, 2.75) is 43.7 Å². The van der Waals surface area contributed by atoms with Gasteiger partial charge in [0.2, 0.25) is 0 Å². The number of aliphatic carboxylic acids is 1. The Morgan fingerprint density at radius 3 is 2.42 bits per heavy atom. The highest BCUT2D eigenvalue weighted by molar-refractivity contribution is 5.74. The first-order valence-electron chi connectivity index (χ1n) is 8.97. The molecule has 2 heterocycles. The van der Waals surface area contributed by atoms with Gasteiger partial charge in [0.1, 0.15) is 0 Å². The van der Waals surface area contributed by atoms with Gasteiger partial charge < -0.3 is 21.0 Å². The third kappa shape index (κ3) is 4.47. The average molecular weight is 362 g/mol. The van der Waals surface area contributed by atoms with Crippen molar-refractivity contribution in [3.8, 4) is 0 Å². The molecule has 0 unspecified atom stereocenters. The van der Waals surface area contributed by atoms with E-state index in [-0.39, 0.29) is 6.42 Å². The number of hydrogen-bond donors (Lipinski definition) is 3. The zero-order valence-corrected chi connectivity index (χ0v) is 14.8. The van der Waals surface area contributed by atoms with Gasteiger partial charge in [0.15, 0.2) is 5.82 Å². The topological polar surface area (TPSA) is 128 Å². The molecule has 1 saturated carbocycles. The molecule has 0 amide bonds. The second-order valence-corrected chi connectivity index (χ2v) is 7.13. The summed E-state index contributed by atoms with van der Waals surface area (Å²) in [6, 6.07) is 0.422. The monoisotopic (exact) mass is 362 g/mol. The van der Waals surface area contributed by atoms with E-state index in [1.54, 1.807) is 12.4 Å². The smallest absolute Gasteiger partial charge is 0.306 e. The van der Waals surface area contributed by atoms with Crippen LogP contribution in [0.4, 0.5) is 5.69 Å². The van der Waals surface area contributed by atoms with Crippen LogP contribution in [0.1, 0.15) is 37.9 Å². The number of carboxylic acid groups (broad SMARTS) is 1. The quantitative estimate of drug-likeness (QED) is 0.380. The first-order valence-corrected chi connectivity index (χ1v) is 8.97. The maximum absolute atomic E-state index is 10.9. The second kappa shape index (κ2) is 7.96. The van der Waals surface area contributed by atoms with Gasteiger partial charge in [0.25, 0.3) is 0 Å². The summed E-state index contributed by atoms with van der Waals surface area (Å²) < 4.78 is 0. The van der Waals surface area contributed by atoms with E-state index in [1.165, 1.54) is 6.21 Å². The molecule has 0 radical (unpaired) electrons. The first-order chi connectivity index (χ1) is 12.5. The number of piperazine rings is 1. The molecule has 142 valence electrons. The molecule has 1 aromatic heterocycles. The number of hydrazone groups is 1. The van der Waals surface area contributed by atoms with Crippen LogP contribution in [-0.2, 0) is 4.79 Å². The highest BCUT2D eigenvalue weighted by Crippen LogP contribution is 2.33. The summed E-state index contributed by atoms with van der Waals surface area (Å²) in [6.45, 7) is 3.66. The number of aromatic nitrogens is 2. The maximum Gasteiger partial charge on any atom is 0.306 e. The Hall–Kier alpha value is -2.26. The minimum Gasteiger partial charge on any atom is -0.481 e. The number of aliphatic hydroxyl groups is 1. The largest absolute Gasteiger partial charge is 0.481 e. The number of nitrogens with zero attached hydrogens (tertiary/aromatic N) is 5. The summed E-state index contributed by atoms with van der Waals surface area (Å²) in [6.07, 6.45) is 7.64. The summed E-state index contributed by atoms with van der Waals surface area (Å²) in [4.78, 5) is 24.0. The van der Waals surface area contributed by atoms with Crippen LogP contribution in [0, 0.1) is 0 Å². The van der Waals surface area contributed by atoms with Crippen molar-refractivity contribution in [2.24, 2.45) is 10.9 Å². The van der Waals surface area contributed by atoms with E-state index in [0.717, 1.165) is 44.7 Å². The fourth-order valence-corrected chi connectivity index (χ4v) is 3.94. The fourth-order valence-electron chi connectivity index (χ4n) is 3.94. The van der Waals surface area contributed by atoms with E-state index in [4.69, 9.17) is 10.9 Å². The lowest BCUT2D eigenvalue weighted by molar-refractivity contribution is -0.144. The first kappa shape index (κ1) is 18.5. The van der Waals surface area contributed by atoms with E-state index < -0.39 is 11.6 Å². The Labute approximate surface area is 152 Å². The Bertz CT molecular complexity index is 634. The lowest BCUT2D eigenvalue weighted by Crippen LogP contribution is -2.52. The molecule has 1 aliphatic heterocycles. The molecule has 0 bridgehead atoms. The third-order valence-corrected chi connectivity index (χ3v) is 5.41. The highest BCUT2D eigenvalue weighted by atomic mass is 16.4. The van der Waals surface area contributed by atoms with Gasteiger partial charge in [-0.15, -0.1) is 0 Å². The summed E-state index contributed by atoms with van der Waals surface area (Å²) in [5.41, 5.74) is -0.0471. The number of hydrogen-bond acceptors (Lipinski definition) is 8. The predicted molar refractivity (Wildman–Crippen MR) is 97.1 cm³/mol. The number of anilines is 1. The lowest BCUT2D eigenvalue weighted by Gasteiger charge is -2.44. The Kier molecular flexibility index (Phi) is 5.67. The second-order valence-electron chi connectivity index (χ2n) is 7.13. The van der Waals surface area contributed by atoms with Crippen LogP contribution in [0.3, 0.4) is 0 Å². The van der Waals surface area contributed by atoms with Gasteiger partial charge in [-0.1, -0.05) is 0 Å². The van der Waals surface area contributed by atoms with Gasteiger partial charge in [-0.05, 0) is 25.7 Å². The van der Waals surface area contributed by atoms with Gasteiger partial charge in [0.05, 0.1) is 36.3 Å². The molecule has 0 atom stereocenters. The van der Waals surface area contributed by atoms with Crippen molar-refractivity contribution in [3.05, 3.63) is 18.2 Å². The summed E-state index contributed by atoms with van der Waals surface area (Å²) in [7, 11) is 0. The van der Waals surface area contributed by atoms with Crippen molar-refractivity contribution in [3.63, 3.8) is 0 Å². The Morgan fingerprint density at radius 1 is 1.27 bits per heavy atom. The van der Waals surface area contributed by atoms with Crippen molar-refractivity contribution in [1.82, 2.24) is 14.9 Å². The normalized spacial score (nSPS) is 27.7. The van der Waals surface area contributed by atoms with Crippen LogP contribution in [0.15, 0.2) is 17.5 Å². The van der Waals surface area contributed by atoms with Crippen molar-refractivity contribution < 1.29 is 15.0 Å². The number of rotatable bonds is 5. The van der Waals surface area contributed by atoms with E-state index in [1.807, 2.05) is 0 Å². The van der Waals surface area contributed by atoms with E-state index >= 15 is 0 Å². The number of nitrogens with two attached hydrogens (primary N) is 1. The third-order valence-electron chi connectivity index (χ3n) is 5.41. The van der Waals surface area contributed by atoms with Crippen LogP contribution < -0.4 is 10.7 Å². The van der Waals surface area contributed by atoms with Gasteiger partial charge in [-0.25, -0.2) is 9.97 Å². The standard InChI is InChI=1S/C17H26N6O3/c18-21-12-15-19-10-14(11-20-15)23-7-5-22(6-8-23)13-1-3-17(26,4-2-13)9-16(24)25/h10-13,26H,1-9,18H2,(H,24,25)/b21-12-. The van der Waals surface area contributed by atoms with Crippen molar-refractivity contribution >= 4 is 17.9 Å². The van der Waals surface area contributed by atoms with E-state index in [0.29, 0.717) is 24.7 Å². The molecule has 9 nitrogen and oxygen atoms in total. The predicted octanol–water partition coefficient (Wildman–Crippen LogP) is 0.0396. The zero-order valence-electron chi connectivity index (χ0n) is 14.8. The Balaban J connectivity index is 1.49. The van der Waals surface area contributed by atoms with Crippen molar-refractivity contribution in [2.75, 3.05) is 31.1 Å². The molecule has 2 fully saturated rings. The molecule has 1 aromatic rings. The summed E-state index contributed by atoms with van der Waals surface area (Å²) >= 11 is 0. The van der Waals surface area contributed by atoms with Crippen LogP contribution in [0.25, 0.3) is 0 Å². The average Bonchev–Trinajstić information content (AvgIpc) is 2.63. The van der Waals surface area contributed by atoms with Crippen LogP contribution in [0.2, 0.25) is 0 Å². The summed E-state index contributed by atoms with van der Waals surface area (Å²) in [5.74, 6) is 4.66. The molecule has 9 heteroatoms. The molecular formula is C17H26N6O3. The SMILES string of the molecule is N/N=C\c1ncc(N2CCN(C3CCC(O)(CC(=O)O)CC3)CC2)cn1. The molecule has 2 aliphatic rings. The molecule has 3 rings (SSSR count). The van der Waals surface area contributed by atoms with Gasteiger partial charge in [-0.2, -0.15) is 5.10 Å². The molecule has 1 aliphatic carbocycles. The highest BCUT2D eigenvalue weighted by Gasteiger charge is 2.37. The maximum atomic E-state index is 10.9. The van der Waals surface area contributed by atoms with Crippen LogP contribution in [0.5, 0.6) is 0 Å². The number of carboxylic acids is 1. The Morgan fingerprint density at radius 2 is 1.88 bits per heavy atom. The summed E-state index contributed by atoms with van der Waals surface area (Å²) in [5, 5.41) is 22.7.